The molecule has 0 unspecified atom stereocenters. The summed E-state index contributed by atoms with van der Waals surface area (Å²) in [6, 6.07) is 0. The Morgan fingerprint density at radius 3 is 2.00 bits per heavy atom. The first kappa shape index (κ1) is 10.7. The topological polar surface area (TPSA) is 26.0 Å². The van der Waals surface area contributed by atoms with Crippen molar-refractivity contribution in [3.8, 4) is 0 Å². The van der Waals surface area contributed by atoms with Crippen LogP contribution in [0.3, 0.4) is 0 Å². The molecule has 1 fully saturated rings. The summed E-state index contributed by atoms with van der Waals surface area (Å²) in [7, 11) is 0. The van der Waals surface area contributed by atoms with Crippen LogP contribution in [0.1, 0.15) is 32.1 Å². The summed E-state index contributed by atoms with van der Waals surface area (Å²) in [4.78, 5) is 0. The van der Waals surface area contributed by atoms with Gasteiger partial charge in [-0.05, 0) is 12.8 Å². The van der Waals surface area contributed by atoms with Crippen LogP contribution in [0.15, 0.2) is 0 Å². The lowest BCUT2D eigenvalue weighted by molar-refractivity contribution is 0.330. The van der Waals surface area contributed by atoms with Crippen LogP contribution in [0.25, 0.3) is 0 Å². The average molecular weight is 229 g/mol. The van der Waals surface area contributed by atoms with Gasteiger partial charge in [-0.25, -0.2) is 0 Å². The highest BCUT2D eigenvalue weighted by molar-refractivity contribution is 9.09. The smallest absolute Gasteiger partial charge is 0.0252 e. The molecule has 1 nitrogen and oxygen atoms in total. The van der Waals surface area contributed by atoms with Gasteiger partial charge in [0.05, 0.1) is 0 Å². The van der Waals surface area contributed by atoms with Gasteiger partial charge < -0.3 is 5.73 Å². The molecule has 0 aromatic heterocycles. The van der Waals surface area contributed by atoms with Crippen LogP contribution in [0, 0.1) is 0 Å². The van der Waals surface area contributed by atoms with Crippen LogP contribution in [-0.2, 0) is 0 Å². The van der Waals surface area contributed by atoms with Crippen LogP contribution in [0.4, 0.5) is 0 Å². The first-order valence-electron chi connectivity index (χ1n) is 3.62. The van der Waals surface area contributed by atoms with E-state index >= 15 is 0 Å². The molecule has 0 aliphatic heterocycles. The van der Waals surface area contributed by atoms with E-state index < -0.39 is 0 Å². The van der Waals surface area contributed by atoms with Crippen molar-refractivity contribution in [3.05, 3.63) is 0 Å². The fourth-order valence-electron chi connectivity index (χ4n) is 1.39. The second kappa shape index (κ2) is 4.58. The molecule has 0 atom stereocenters. The first-order chi connectivity index (χ1) is 4.27. The third kappa shape index (κ3) is 2.77. The monoisotopic (exact) mass is 227 g/mol. The van der Waals surface area contributed by atoms with Gasteiger partial charge in [0.1, 0.15) is 0 Å². The Hall–Kier alpha value is 0.730. The Morgan fingerprint density at radius 1 is 1.20 bits per heavy atom. The second-order valence-electron chi connectivity index (χ2n) is 3.06. The lowest BCUT2D eigenvalue weighted by atomic mass is 9.84. The second-order valence-corrected chi connectivity index (χ2v) is 3.62. The van der Waals surface area contributed by atoms with Crippen LogP contribution in [-0.4, -0.2) is 10.9 Å². The minimum atomic E-state index is 0. The van der Waals surface area contributed by atoms with E-state index in [-0.39, 0.29) is 17.9 Å². The van der Waals surface area contributed by atoms with Crippen LogP contribution >= 0.6 is 28.3 Å². The van der Waals surface area contributed by atoms with Gasteiger partial charge in [0, 0.05) is 10.9 Å². The van der Waals surface area contributed by atoms with E-state index in [4.69, 9.17) is 5.73 Å². The first-order valence-corrected chi connectivity index (χ1v) is 4.74. The molecule has 1 saturated carbocycles. The summed E-state index contributed by atoms with van der Waals surface area (Å²) in [5.41, 5.74) is 6.15. The molecule has 3 heteroatoms. The maximum atomic E-state index is 6.01. The summed E-state index contributed by atoms with van der Waals surface area (Å²) in [5, 5.41) is 0.972. The lowest BCUT2D eigenvalue weighted by Gasteiger charge is -2.31. The molecule has 0 heterocycles. The van der Waals surface area contributed by atoms with Gasteiger partial charge in [0.15, 0.2) is 0 Å². The summed E-state index contributed by atoms with van der Waals surface area (Å²) in [6.07, 6.45) is 6.44. The number of nitrogens with two attached hydrogens (primary N) is 1. The Kier molecular flexibility index (Phi) is 4.91. The normalized spacial score (nSPS) is 23.4. The van der Waals surface area contributed by atoms with Crippen molar-refractivity contribution in [2.24, 2.45) is 5.73 Å². The summed E-state index contributed by atoms with van der Waals surface area (Å²) in [5.74, 6) is 0. The average Bonchev–Trinajstić information content (AvgIpc) is 1.90. The highest BCUT2D eigenvalue weighted by atomic mass is 79.9. The van der Waals surface area contributed by atoms with Crippen molar-refractivity contribution in [1.29, 1.82) is 0 Å². The van der Waals surface area contributed by atoms with Gasteiger partial charge in [-0.1, -0.05) is 35.2 Å². The van der Waals surface area contributed by atoms with Gasteiger partial charge in [0.2, 0.25) is 0 Å². The quantitative estimate of drug-likeness (QED) is 0.686. The molecule has 0 aromatic carbocycles. The third-order valence-electron chi connectivity index (χ3n) is 2.12. The molecule has 0 saturated heterocycles. The molecule has 0 aromatic rings. The highest BCUT2D eigenvalue weighted by Gasteiger charge is 2.25. The number of hydrogen-bond acceptors (Lipinski definition) is 1. The van der Waals surface area contributed by atoms with Crippen LogP contribution in [0.5, 0.6) is 0 Å². The molecular weight excluding hydrogens is 213 g/mol. The van der Waals surface area contributed by atoms with E-state index in [1.807, 2.05) is 0 Å². The zero-order valence-corrected chi connectivity index (χ0v) is 8.51. The largest absolute Gasteiger partial charge is 0.324 e. The predicted molar refractivity (Wildman–Crippen MR) is 51.0 cm³/mol. The van der Waals surface area contributed by atoms with Gasteiger partial charge in [-0.2, -0.15) is 0 Å². The standard InChI is InChI=1S/C7H14BrN.ClH/c8-6-7(9)4-2-1-3-5-7;/h1-6,9H2;1H. The molecule has 0 radical (unpaired) electrons. The van der Waals surface area contributed by atoms with E-state index in [1.165, 1.54) is 32.1 Å². The molecule has 10 heavy (non-hydrogen) atoms. The summed E-state index contributed by atoms with van der Waals surface area (Å²) in [6.45, 7) is 0. The highest BCUT2D eigenvalue weighted by Crippen LogP contribution is 2.26. The molecule has 0 bridgehead atoms. The van der Waals surface area contributed by atoms with Crippen molar-refractivity contribution < 1.29 is 0 Å². The van der Waals surface area contributed by atoms with Gasteiger partial charge in [0.25, 0.3) is 0 Å². The Bertz CT molecular complexity index is 91.6. The fraction of sp³-hybridized carbons (Fsp3) is 1.00. The fourth-order valence-corrected chi connectivity index (χ4v) is 1.95. The maximum absolute atomic E-state index is 6.01. The van der Waals surface area contributed by atoms with Crippen LogP contribution in [0.2, 0.25) is 0 Å². The van der Waals surface area contributed by atoms with Crippen molar-refractivity contribution in [1.82, 2.24) is 0 Å². The summed E-state index contributed by atoms with van der Waals surface area (Å²) < 4.78 is 0. The molecule has 1 rings (SSSR count). The molecule has 0 amide bonds. The number of halogens is 2. The van der Waals surface area contributed by atoms with Crippen molar-refractivity contribution in [2.75, 3.05) is 5.33 Å². The summed E-state index contributed by atoms with van der Waals surface area (Å²) >= 11 is 3.44. The third-order valence-corrected chi connectivity index (χ3v) is 3.23. The Balaban J connectivity index is 0.000000810. The molecule has 0 spiro atoms. The zero-order valence-electron chi connectivity index (χ0n) is 6.11. The molecule has 1 aliphatic rings. The SMILES string of the molecule is Cl.NC1(CBr)CCCCC1. The zero-order chi connectivity index (χ0) is 6.74. The van der Waals surface area contributed by atoms with Gasteiger partial charge in [-0.15, -0.1) is 12.4 Å². The Morgan fingerprint density at radius 2 is 1.70 bits per heavy atom. The lowest BCUT2D eigenvalue weighted by Crippen LogP contribution is -2.43. The van der Waals surface area contributed by atoms with E-state index in [0.717, 1.165) is 5.33 Å². The molecule has 2 N–H and O–H groups in total. The number of alkyl halides is 1. The van der Waals surface area contributed by atoms with E-state index in [0.29, 0.717) is 0 Å². The van der Waals surface area contributed by atoms with Crippen molar-refractivity contribution >= 4 is 28.3 Å². The van der Waals surface area contributed by atoms with Crippen LogP contribution < -0.4 is 5.73 Å². The minimum absolute atomic E-state index is 0. The van der Waals surface area contributed by atoms with Crippen molar-refractivity contribution in [2.45, 2.75) is 37.6 Å². The van der Waals surface area contributed by atoms with Gasteiger partial charge in [-0.3, -0.25) is 0 Å². The van der Waals surface area contributed by atoms with E-state index in [9.17, 15) is 0 Å². The maximum Gasteiger partial charge on any atom is 0.0252 e. The predicted octanol–water partition coefficient (Wildman–Crippen LogP) is 2.46. The number of rotatable bonds is 1. The molecule has 1 aliphatic carbocycles. The minimum Gasteiger partial charge on any atom is -0.324 e. The van der Waals surface area contributed by atoms with E-state index in [2.05, 4.69) is 15.9 Å². The van der Waals surface area contributed by atoms with Crippen molar-refractivity contribution in [3.63, 3.8) is 0 Å². The van der Waals surface area contributed by atoms with E-state index in [1.54, 1.807) is 0 Å². The Labute approximate surface area is 77.3 Å². The molecule has 62 valence electrons. The number of hydrogen-bond donors (Lipinski definition) is 1. The molecular formula is C7H15BrClN. The van der Waals surface area contributed by atoms with Gasteiger partial charge >= 0.3 is 0 Å².